The number of carbonyl (C=O) groups is 1. The van der Waals surface area contributed by atoms with Gasteiger partial charge < -0.3 is 9.73 Å². The summed E-state index contributed by atoms with van der Waals surface area (Å²) < 4.78 is 18.7. The zero-order chi connectivity index (χ0) is 18.6. The van der Waals surface area contributed by atoms with Gasteiger partial charge in [-0.2, -0.15) is 0 Å². The lowest BCUT2D eigenvalue weighted by Gasteiger charge is -2.18. The number of nitrogens with one attached hydrogen (secondary N) is 1. The van der Waals surface area contributed by atoms with E-state index >= 15 is 0 Å². The van der Waals surface area contributed by atoms with Gasteiger partial charge in [0, 0.05) is 18.4 Å². The van der Waals surface area contributed by atoms with E-state index in [2.05, 4.69) is 22.4 Å². The van der Waals surface area contributed by atoms with E-state index in [1.54, 1.807) is 18.3 Å². The number of hydrogen-bond donors (Lipinski definition) is 1. The maximum absolute atomic E-state index is 13.0. The summed E-state index contributed by atoms with van der Waals surface area (Å²) in [5.74, 6) is 1.32. The van der Waals surface area contributed by atoms with Crippen LogP contribution in [0.25, 0.3) is 11.3 Å². The molecule has 0 spiro atoms. The topological polar surface area (TPSA) is 55.1 Å². The van der Waals surface area contributed by atoms with Crippen LogP contribution in [0.5, 0.6) is 0 Å². The highest BCUT2D eigenvalue weighted by molar-refractivity contribution is 5.76. The predicted molar refractivity (Wildman–Crippen MR) is 100 cm³/mol. The Labute approximate surface area is 157 Å². The van der Waals surface area contributed by atoms with Crippen LogP contribution in [0, 0.1) is 11.7 Å². The third-order valence-corrected chi connectivity index (χ3v) is 4.82. The van der Waals surface area contributed by atoms with E-state index in [0.29, 0.717) is 30.4 Å². The second kappa shape index (κ2) is 7.74. The summed E-state index contributed by atoms with van der Waals surface area (Å²) in [6.45, 7) is 0. The monoisotopic (exact) mass is 364 g/mol. The van der Waals surface area contributed by atoms with Gasteiger partial charge in [0.2, 0.25) is 5.91 Å². The fourth-order valence-electron chi connectivity index (χ4n) is 3.20. The summed E-state index contributed by atoms with van der Waals surface area (Å²) in [7, 11) is 0. The molecule has 4 nitrogen and oxygen atoms in total. The molecule has 0 saturated heterocycles. The molecule has 0 bridgehead atoms. The highest BCUT2D eigenvalue weighted by atomic mass is 19.1. The fraction of sp³-hybridized carbons (Fsp3) is 0.273. The van der Waals surface area contributed by atoms with Crippen LogP contribution in [0.3, 0.4) is 0 Å². The van der Waals surface area contributed by atoms with Crippen molar-refractivity contribution in [2.45, 2.75) is 31.7 Å². The highest BCUT2D eigenvalue weighted by Gasteiger charge is 2.33. The lowest BCUT2D eigenvalue weighted by molar-refractivity contribution is -0.122. The van der Waals surface area contributed by atoms with Crippen molar-refractivity contribution in [2.24, 2.45) is 5.92 Å². The number of halogens is 1. The molecule has 5 heteroatoms. The quantitative estimate of drug-likeness (QED) is 0.662. The molecule has 1 aliphatic carbocycles. The number of oxazole rings is 1. The molecule has 138 valence electrons. The molecule has 1 atom stereocenters. The number of benzene rings is 2. The first-order valence-corrected chi connectivity index (χ1v) is 9.24. The van der Waals surface area contributed by atoms with Crippen LogP contribution in [0.1, 0.15) is 36.8 Å². The van der Waals surface area contributed by atoms with Crippen LogP contribution in [0.4, 0.5) is 4.39 Å². The summed E-state index contributed by atoms with van der Waals surface area (Å²) >= 11 is 0. The minimum Gasteiger partial charge on any atom is -0.441 e. The number of aromatic nitrogens is 1. The zero-order valence-electron chi connectivity index (χ0n) is 14.9. The van der Waals surface area contributed by atoms with Crippen molar-refractivity contribution in [2.75, 3.05) is 0 Å². The van der Waals surface area contributed by atoms with Gasteiger partial charge in [0.25, 0.3) is 0 Å². The van der Waals surface area contributed by atoms with E-state index in [9.17, 15) is 9.18 Å². The molecule has 1 saturated carbocycles. The fourth-order valence-corrected chi connectivity index (χ4v) is 3.20. The van der Waals surface area contributed by atoms with E-state index in [-0.39, 0.29) is 17.8 Å². The minimum absolute atomic E-state index is 0.00251. The molecular formula is C22H21FN2O2. The number of aryl methyl sites for hydroxylation is 1. The van der Waals surface area contributed by atoms with Crippen molar-refractivity contribution in [3.05, 3.63) is 78.1 Å². The highest BCUT2D eigenvalue weighted by Crippen LogP contribution is 2.41. The molecule has 1 aromatic heterocycles. The maximum atomic E-state index is 13.0. The van der Waals surface area contributed by atoms with Gasteiger partial charge in [-0.05, 0) is 48.6 Å². The van der Waals surface area contributed by atoms with Gasteiger partial charge in [-0.1, -0.05) is 30.3 Å². The summed E-state index contributed by atoms with van der Waals surface area (Å²) in [5, 5.41) is 3.16. The Kier molecular flexibility index (Phi) is 5.01. The molecular weight excluding hydrogens is 343 g/mol. The number of rotatable bonds is 7. The molecule has 2 aromatic carbocycles. The Balaban J connectivity index is 1.34. The van der Waals surface area contributed by atoms with Gasteiger partial charge in [0.1, 0.15) is 5.82 Å². The Morgan fingerprint density at radius 1 is 1.15 bits per heavy atom. The second-order valence-corrected chi connectivity index (χ2v) is 6.92. The molecule has 1 fully saturated rings. The number of amides is 1. The van der Waals surface area contributed by atoms with Gasteiger partial charge in [0.05, 0.1) is 12.2 Å². The first-order chi connectivity index (χ1) is 13.2. The van der Waals surface area contributed by atoms with Crippen LogP contribution in [0.15, 0.2) is 65.2 Å². The molecule has 0 aliphatic heterocycles. The van der Waals surface area contributed by atoms with E-state index in [0.717, 1.165) is 24.0 Å². The Morgan fingerprint density at radius 3 is 2.59 bits per heavy atom. The molecule has 1 heterocycles. The van der Waals surface area contributed by atoms with E-state index in [1.807, 2.05) is 18.2 Å². The molecule has 1 N–H and O–H groups in total. The summed E-state index contributed by atoms with van der Waals surface area (Å²) in [4.78, 5) is 16.7. The number of nitrogens with zero attached hydrogens (tertiary/aromatic N) is 1. The first kappa shape index (κ1) is 17.5. The first-order valence-electron chi connectivity index (χ1n) is 9.24. The summed E-state index contributed by atoms with van der Waals surface area (Å²) in [6.07, 6.45) is 4.66. The van der Waals surface area contributed by atoms with Crippen molar-refractivity contribution < 1.29 is 13.6 Å². The van der Waals surface area contributed by atoms with Crippen LogP contribution in [0.2, 0.25) is 0 Å². The van der Waals surface area contributed by atoms with Crippen molar-refractivity contribution in [1.29, 1.82) is 0 Å². The van der Waals surface area contributed by atoms with E-state index in [1.165, 1.54) is 12.1 Å². The van der Waals surface area contributed by atoms with Crippen LogP contribution >= 0.6 is 0 Å². The van der Waals surface area contributed by atoms with Crippen molar-refractivity contribution in [3.63, 3.8) is 0 Å². The van der Waals surface area contributed by atoms with Crippen molar-refractivity contribution >= 4 is 5.91 Å². The lowest BCUT2D eigenvalue weighted by Crippen LogP contribution is -2.30. The molecule has 1 aliphatic rings. The third kappa shape index (κ3) is 4.42. The normalized spacial score (nSPS) is 14.7. The van der Waals surface area contributed by atoms with Crippen molar-refractivity contribution in [3.8, 4) is 11.3 Å². The van der Waals surface area contributed by atoms with Crippen LogP contribution in [-0.4, -0.2) is 10.9 Å². The number of hydrogen-bond acceptors (Lipinski definition) is 3. The average molecular weight is 364 g/mol. The van der Waals surface area contributed by atoms with Gasteiger partial charge in [-0.3, -0.25) is 4.79 Å². The Bertz CT molecular complexity index is 902. The Morgan fingerprint density at radius 2 is 1.89 bits per heavy atom. The van der Waals surface area contributed by atoms with Gasteiger partial charge in [-0.15, -0.1) is 0 Å². The summed E-state index contributed by atoms with van der Waals surface area (Å²) in [5.41, 5.74) is 1.92. The van der Waals surface area contributed by atoms with Gasteiger partial charge in [0.15, 0.2) is 11.7 Å². The predicted octanol–water partition coefficient (Wildman–Crippen LogP) is 4.68. The average Bonchev–Trinajstić information content (AvgIpc) is 3.43. The lowest BCUT2D eigenvalue weighted by atomic mass is 10.0. The molecule has 4 rings (SSSR count). The van der Waals surface area contributed by atoms with E-state index < -0.39 is 0 Å². The van der Waals surface area contributed by atoms with Gasteiger partial charge in [-0.25, -0.2) is 9.37 Å². The second-order valence-electron chi connectivity index (χ2n) is 6.92. The standard InChI is InChI=1S/C22H21FN2O2/c23-18-10-8-15(9-11-18)19-14-24-21(27-19)13-12-20(26)25-22(17-6-7-17)16-4-2-1-3-5-16/h1-5,8-11,14,17,22H,6-7,12-13H2,(H,25,26). The van der Waals surface area contributed by atoms with Crippen molar-refractivity contribution in [1.82, 2.24) is 10.3 Å². The van der Waals surface area contributed by atoms with E-state index in [4.69, 9.17) is 4.42 Å². The smallest absolute Gasteiger partial charge is 0.221 e. The van der Waals surface area contributed by atoms with Gasteiger partial charge >= 0.3 is 0 Å². The molecule has 27 heavy (non-hydrogen) atoms. The molecule has 0 radical (unpaired) electrons. The van der Waals surface area contributed by atoms with Crippen LogP contribution < -0.4 is 5.32 Å². The maximum Gasteiger partial charge on any atom is 0.221 e. The summed E-state index contributed by atoms with van der Waals surface area (Å²) in [6, 6.07) is 16.2. The SMILES string of the molecule is O=C(CCc1ncc(-c2ccc(F)cc2)o1)NC(c1ccccc1)C1CC1. The zero-order valence-corrected chi connectivity index (χ0v) is 14.9. The largest absolute Gasteiger partial charge is 0.441 e. The molecule has 1 amide bonds. The minimum atomic E-state index is -0.293. The Hall–Kier alpha value is -2.95. The van der Waals surface area contributed by atoms with Crippen LogP contribution in [-0.2, 0) is 11.2 Å². The molecule has 3 aromatic rings. The molecule has 1 unspecified atom stereocenters. The third-order valence-electron chi connectivity index (χ3n) is 4.82. The number of carbonyl (C=O) groups excluding carboxylic acids is 1.